The van der Waals surface area contributed by atoms with Crippen LogP contribution in [0.1, 0.15) is 44.1 Å². The third-order valence-corrected chi connectivity index (χ3v) is 5.40. The fourth-order valence-electron chi connectivity index (χ4n) is 3.80. The average Bonchev–Trinajstić information content (AvgIpc) is 2.54. The lowest BCUT2D eigenvalue weighted by molar-refractivity contribution is -0.141. The maximum Gasteiger partial charge on any atom is 0.305 e. The molecule has 24 heavy (non-hydrogen) atoms. The fourth-order valence-corrected chi connectivity index (χ4v) is 3.80. The molecule has 2 aliphatic rings. The first-order chi connectivity index (χ1) is 11.6. The largest absolute Gasteiger partial charge is 0.481 e. The van der Waals surface area contributed by atoms with Crippen molar-refractivity contribution < 1.29 is 14.7 Å². The van der Waals surface area contributed by atoms with Gasteiger partial charge in [0.1, 0.15) is 0 Å². The minimum atomic E-state index is -0.826. The summed E-state index contributed by atoms with van der Waals surface area (Å²) in [6, 6.07) is 10.4. The number of piperidine rings is 1. The summed E-state index contributed by atoms with van der Waals surface area (Å²) in [5.74, 6) is -0.758. The fraction of sp³-hybridized carbons (Fsp3) is 0.579. The van der Waals surface area contributed by atoms with Crippen LogP contribution in [0.15, 0.2) is 30.3 Å². The van der Waals surface area contributed by atoms with Crippen LogP contribution in [0.4, 0.5) is 0 Å². The number of aliphatic carboxylic acids is 1. The predicted molar refractivity (Wildman–Crippen MR) is 91.4 cm³/mol. The standard InChI is InChI=1S/C19H26N2O3/c22-17(23)13-19(9-4-10-19)20-18(24)16-7-11-21(12-8-16)14-15-5-2-1-3-6-15/h1-3,5-6,16H,4,7-14H2,(H,20,24)(H,22,23). The Kier molecular flexibility index (Phi) is 5.19. The first-order valence-corrected chi connectivity index (χ1v) is 8.86. The lowest BCUT2D eigenvalue weighted by Gasteiger charge is -2.43. The number of likely N-dealkylation sites (tertiary alicyclic amines) is 1. The molecule has 1 aromatic rings. The Labute approximate surface area is 143 Å². The maximum atomic E-state index is 12.5. The van der Waals surface area contributed by atoms with Crippen LogP contribution in [0.3, 0.4) is 0 Å². The first-order valence-electron chi connectivity index (χ1n) is 8.86. The van der Waals surface area contributed by atoms with Crippen molar-refractivity contribution in [2.75, 3.05) is 13.1 Å². The highest BCUT2D eigenvalue weighted by atomic mass is 16.4. The molecule has 0 atom stereocenters. The van der Waals surface area contributed by atoms with Crippen molar-refractivity contribution >= 4 is 11.9 Å². The van der Waals surface area contributed by atoms with E-state index in [-0.39, 0.29) is 18.2 Å². The van der Waals surface area contributed by atoms with Crippen molar-refractivity contribution in [3.05, 3.63) is 35.9 Å². The highest BCUT2D eigenvalue weighted by molar-refractivity contribution is 5.81. The molecule has 5 heteroatoms. The Morgan fingerprint density at radius 2 is 1.83 bits per heavy atom. The van der Waals surface area contributed by atoms with Gasteiger partial charge in [-0.1, -0.05) is 30.3 Å². The Morgan fingerprint density at radius 1 is 1.17 bits per heavy atom. The summed E-state index contributed by atoms with van der Waals surface area (Å²) in [6.45, 7) is 2.76. The van der Waals surface area contributed by atoms with Gasteiger partial charge < -0.3 is 10.4 Å². The molecule has 1 aliphatic heterocycles. The van der Waals surface area contributed by atoms with E-state index in [1.807, 2.05) is 6.07 Å². The molecule has 0 radical (unpaired) electrons. The molecule has 0 unspecified atom stereocenters. The first kappa shape index (κ1) is 17.0. The summed E-state index contributed by atoms with van der Waals surface area (Å²) in [4.78, 5) is 25.9. The number of carboxylic acid groups (broad SMARTS) is 1. The van der Waals surface area contributed by atoms with Crippen molar-refractivity contribution in [1.29, 1.82) is 0 Å². The zero-order valence-electron chi connectivity index (χ0n) is 14.0. The predicted octanol–water partition coefficient (Wildman–Crippen LogP) is 2.41. The van der Waals surface area contributed by atoms with E-state index in [9.17, 15) is 9.59 Å². The summed E-state index contributed by atoms with van der Waals surface area (Å²) in [7, 11) is 0. The number of hydrogen-bond acceptors (Lipinski definition) is 3. The number of amides is 1. The van der Waals surface area contributed by atoms with Gasteiger partial charge in [-0.2, -0.15) is 0 Å². The molecule has 1 saturated heterocycles. The van der Waals surface area contributed by atoms with E-state index in [0.717, 1.165) is 51.7 Å². The van der Waals surface area contributed by atoms with E-state index in [0.29, 0.717) is 0 Å². The van der Waals surface area contributed by atoms with Crippen molar-refractivity contribution in [3.8, 4) is 0 Å². The van der Waals surface area contributed by atoms with Gasteiger partial charge in [0.05, 0.1) is 12.0 Å². The van der Waals surface area contributed by atoms with Gasteiger partial charge in [0.15, 0.2) is 0 Å². The van der Waals surface area contributed by atoms with Crippen LogP contribution in [-0.4, -0.2) is 40.5 Å². The molecule has 130 valence electrons. The molecule has 5 nitrogen and oxygen atoms in total. The van der Waals surface area contributed by atoms with Crippen LogP contribution in [0.25, 0.3) is 0 Å². The second kappa shape index (κ2) is 7.34. The zero-order chi connectivity index (χ0) is 17.0. The molecule has 1 aromatic carbocycles. The van der Waals surface area contributed by atoms with Crippen LogP contribution in [0.5, 0.6) is 0 Å². The number of carboxylic acids is 1. The van der Waals surface area contributed by atoms with Crippen LogP contribution < -0.4 is 5.32 Å². The van der Waals surface area contributed by atoms with Crippen LogP contribution in [0.2, 0.25) is 0 Å². The van der Waals surface area contributed by atoms with Crippen molar-refractivity contribution in [2.24, 2.45) is 5.92 Å². The van der Waals surface area contributed by atoms with Crippen molar-refractivity contribution in [1.82, 2.24) is 10.2 Å². The van der Waals surface area contributed by atoms with Gasteiger partial charge in [0, 0.05) is 12.5 Å². The Morgan fingerprint density at radius 3 is 2.38 bits per heavy atom. The molecular formula is C19H26N2O3. The number of nitrogens with zero attached hydrogens (tertiary/aromatic N) is 1. The van der Waals surface area contributed by atoms with Gasteiger partial charge in [-0.05, 0) is 50.8 Å². The van der Waals surface area contributed by atoms with Gasteiger partial charge in [-0.3, -0.25) is 14.5 Å². The molecule has 0 spiro atoms. The molecule has 2 N–H and O–H groups in total. The zero-order valence-corrected chi connectivity index (χ0v) is 14.0. The number of nitrogens with one attached hydrogen (secondary N) is 1. The Balaban J connectivity index is 1.47. The van der Waals surface area contributed by atoms with Crippen molar-refractivity contribution in [3.63, 3.8) is 0 Å². The molecule has 0 bridgehead atoms. The Bertz CT molecular complexity index is 576. The van der Waals surface area contributed by atoms with Gasteiger partial charge >= 0.3 is 5.97 Å². The number of hydrogen-bond donors (Lipinski definition) is 2. The smallest absolute Gasteiger partial charge is 0.305 e. The van der Waals surface area contributed by atoms with Gasteiger partial charge in [-0.15, -0.1) is 0 Å². The molecule has 0 aromatic heterocycles. The van der Waals surface area contributed by atoms with Gasteiger partial charge in [0.25, 0.3) is 0 Å². The molecule has 1 heterocycles. The maximum absolute atomic E-state index is 12.5. The Hall–Kier alpha value is -1.88. The number of carbonyl (C=O) groups is 2. The van der Waals surface area contributed by atoms with Crippen LogP contribution >= 0.6 is 0 Å². The highest BCUT2D eigenvalue weighted by Crippen LogP contribution is 2.35. The van der Waals surface area contributed by atoms with Gasteiger partial charge in [0.2, 0.25) is 5.91 Å². The summed E-state index contributed by atoms with van der Waals surface area (Å²) in [6.07, 6.45) is 4.33. The van der Waals surface area contributed by atoms with Crippen LogP contribution in [-0.2, 0) is 16.1 Å². The lowest BCUT2D eigenvalue weighted by Crippen LogP contribution is -2.56. The normalized spacial score (nSPS) is 21.0. The molecule has 1 saturated carbocycles. The average molecular weight is 330 g/mol. The van der Waals surface area contributed by atoms with E-state index in [2.05, 4.69) is 34.5 Å². The summed E-state index contributed by atoms with van der Waals surface area (Å²) in [5.41, 5.74) is 0.819. The molecule has 1 amide bonds. The number of rotatable bonds is 6. The minimum Gasteiger partial charge on any atom is -0.481 e. The second-order valence-electron chi connectivity index (χ2n) is 7.23. The molecule has 3 rings (SSSR count). The molecular weight excluding hydrogens is 304 g/mol. The summed E-state index contributed by atoms with van der Waals surface area (Å²) >= 11 is 0. The van der Waals surface area contributed by atoms with Crippen LogP contribution in [0, 0.1) is 5.92 Å². The third-order valence-electron chi connectivity index (χ3n) is 5.40. The van der Waals surface area contributed by atoms with Crippen molar-refractivity contribution in [2.45, 2.75) is 50.6 Å². The van der Waals surface area contributed by atoms with Gasteiger partial charge in [-0.25, -0.2) is 0 Å². The third kappa shape index (κ3) is 4.15. The second-order valence-corrected chi connectivity index (χ2v) is 7.23. The van der Waals surface area contributed by atoms with E-state index >= 15 is 0 Å². The monoisotopic (exact) mass is 330 g/mol. The number of carbonyl (C=O) groups excluding carboxylic acids is 1. The summed E-state index contributed by atoms with van der Waals surface area (Å²) < 4.78 is 0. The molecule has 2 fully saturated rings. The highest BCUT2D eigenvalue weighted by Gasteiger charge is 2.41. The molecule has 1 aliphatic carbocycles. The van der Waals surface area contributed by atoms with E-state index in [4.69, 9.17) is 5.11 Å². The van der Waals surface area contributed by atoms with E-state index in [1.54, 1.807) is 0 Å². The number of benzene rings is 1. The van der Waals surface area contributed by atoms with E-state index < -0.39 is 11.5 Å². The topological polar surface area (TPSA) is 69.6 Å². The SMILES string of the molecule is O=C(O)CC1(NC(=O)C2CCN(Cc3ccccc3)CC2)CCC1. The quantitative estimate of drug-likeness (QED) is 0.840. The lowest BCUT2D eigenvalue weighted by atomic mass is 9.74. The van der Waals surface area contributed by atoms with E-state index in [1.165, 1.54) is 5.56 Å². The minimum absolute atomic E-state index is 0.0169. The summed E-state index contributed by atoms with van der Waals surface area (Å²) in [5, 5.41) is 12.1.